The van der Waals surface area contributed by atoms with Crippen molar-refractivity contribution in [3.05, 3.63) is 41.3 Å². The van der Waals surface area contributed by atoms with Gasteiger partial charge in [-0.15, -0.1) is 0 Å². The van der Waals surface area contributed by atoms with Gasteiger partial charge in [0.1, 0.15) is 5.82 Å². The molecule has 0 aromatic carbocycles. The van der Waals surface area contributed by atoms with Crippen LogP contribution in [-0.2, 0) is 28.4 Å². The number of primary amides is 2. The topological polar surface area (TPSA) is 120 Å². The molecule has 0 saturated carbocycles. The van der Waals surface area contributed by atoms with Crippen LogP contribution in [0.15, 0.2) is 24.4 Å². The molecule has 4 N–H and O–H groups in total. The lowest BCUT2D eigenvalue weighted by Gasteiger charge is -2.35. The third-order valence-corrected chi connectivity index (χ3v) is 4.90. The summed E-state index contributed by atoms with van der Waals surface area (Å²) in [5, 5.41) is 4.22. The number of alkyl halides is 3. The molecule has 2 aromatic heterocycles. The highest BCUT2D eigenvalue weighted by atomic mass is 19.4. The van der Waals surface area contributed by atoms with E-state index in [1.165, 1.54) is 22.6 Å². The molecule has 11 heteroatoms. The molecule has 1 fully saturated rings. The second kappa shape index (κ2) is 6.50. The molecular formula is C17H19F3N6O2. The maximum absolute atomic E-state index is 13.3. The molecule has 8 nitrogen and oxygen atoms in total. The van der Waals surface area contributed by atoms with Crippen molar-refractivity contribution >= 4 is 17.6 Å². The second-order valence-corrected chi connectivity index (χ2v) is 6.87. The zero-order valence-corrected chi connectivity index (χ0v) is 15.2. The smallest absolute Gasteiger partial charge is 0.369 e. The summed E-state index contributed by atoms with van der Waals surface area (Å²) in [5.74, 6) is -2.48. The Morgan fingerprint density at radius 3 is 2.46 bits per heavy atom. The van der Waals surface area contributed by atoms with E-state index in [4.69, 9.17) is 11.5 Å². The van der Waals surface area contributed by atoms with Crippen molar-refractivity contribution in [1.82, 2.24) is 14.8 Å². The number of aryl methyl sites for hydroxylation is 2. The summed E-state index contributed by atoms with van der Waals surface area (Å²) >= 11 is 0. The third kappa shape index (κ3) is 3.16. The van der Waals surface area contributed by atoms with Crippen LogP contribution in [0.2, 0.25) is 0 Å². The Labute approximate surface area is 158 Å². The highest BCUT2D eigenvalue weighted by Crippen LogP contribution is 2.44. The molecule has 0 spiro atoms. The maximum atomic E-state index is 13.3. The number of carbonyl (C=O) groups excluding carboxylic acids is 2. The van der Waals surface area contributed by atoms with Crippen molar-refractivity contribution in [2.24, 2.45) is 24.4 Å². The van der Waals surface area contributed by atoms with Crippen molar-refractivity contribution in [3.8, 4) is 0 Å². The number of amides is 2. The summed E-state index contributed by atoms with van der Waals surface area (Å²) in [6, 6.07) is 3.26. The van der Waals surface area contributed by atoms with Gasteiger partial charge in [0.15, 0.2) is 5.54 Å². The molecule has 1 saturated heterocycles. The third-order valence-electron chi connectivity index (χ3n) is 4.90. The van der Waals surface area contributed by atoms with Crippen LogP contribution in [0, 0.1) is 12.8 Å². The van der Waals surface area contributed by atoms with Gasteiger partial charge in [-0.3, -0.25) is 14.3 Å². The molecule has 28 heavy (non-hydrogen) atoms. The number of nitrogens with zero attached hydrogens (tertiary/aromatic N) is 4. The molecule has 0 radical (unpaired) electrons. The zero-order valence-electron chi connectivity index (χ0n) is 15.2. The van der Waals surface area contributed by atoms with Crippen LogP contribution in [0.3, 0.4) is 0 Å². The van der Waals surface area contributed by atoms with Crippen molar-refractivity contribution in [2.45, 2.75) is 25.1 Å². The lowest BCUT2D eigenvalue weighted by atomic mass is 9.87. The van der Waals surface area contributed by atoms with Crippen molar-refractivity contribution < 1.29 is 22.8 Å². The Morgan fingerprint density at radius 2 is 1.96 bits per heavy atom. The molecule has 1 aliphatic heterocycles. The molecule has 2 aromatic rings. The Hall–Kier alpha value is -3.11. The Balaban J connectivity index is 2.22. The minimum atomic E-state index is -4.61. The van der Waals surface area contributed by atoms with Crippen molar-refractivity contribution in [1.29, 1.82) is 0 Å². The number of rotatable bonds is 4. The van der Waals surface area contributed by atoms with Gasteiger partial charge in [-0.05, 0) is 31.5 Å². The minimum Gasteiger partial charge on any atom is -0.369 e. The number of aromatic nitrogens is 3. The van der Waals surface area contributed by atoms with E-state index in [0.29, 0.717) is 0 Å². The van der Waals surface area contributed by atoms with E-state index in [9.17, 15) is 22.8 Å². The second-order valence-electron chi connectivity index (χ2n) is 6.87. The summed E-state index contributed by atoms with van der Waals surface area (Å²) in [6.45, 7) is 1.30. The van der Waals surface area contributed by atoms with E-state index in [-0.39, 0.29) is 30.2 Å². The molecule has 2 amide bonds. The van der Waals surface area contributed by atoms with Crippen molar-refractivity contribution in [3.63, 3.8) is 0 Å². The summed E-state index contributed by atoms with van der Waals surface area (Å²) in [7, 11) is 1.62. The van der Waals surface area contributed by atoms with E-state index in [1.54, 1.807) is 13.2 Å². The largest absolute Gasteiger partial charge is 0.416 e. The van der Waals surface area contributed by atoms with Gasteiger partial charge in [-0.1, -0.05) is 0 Å². The standard InChI is InChI=1S/C17H19F3N6O2/c1-9-5-11(17(18,19)20)6-13(23-9)26-8-10(14(21)27)7-16(26,15(22)28)12-3-4-25(2)24-12/h3-6,10H,7-8H2,1-2H3,(H2,21,27)(H2,22,28). The van der Waals surface area contributed by atoms with Crippen LogP contribution >= 0.6 is 0 Å². The first-order chi connectivity index (χ1) is 12.9. The van der Waals surface area contributed by atoms with E-state index >= 15 is 0 Å². The van der Waals surface area contributed by atoms with Crippen LogP contribution in [0.1, 0.15) is 23.4 Å². The number of pyridine rings is 1. The molecule has 1 aliphatic rings. The van der Waals surface area contributed by atoms with E-state index in [0.717, 1.165) is 12.1 Å². The van der Waals surface area contributed by atoms with Crippen LogP contribution < -0.4 is 16.4 Å². The number of hydrogen-bond acceptors (Lipinski definition) is 5. The monoisotopic (exact) mass is 396 g/mol. The molecule has 150 valence electrons. The zero-order chi connectivity index (χ0) is 20.9. The lowest BCUT2D eigenvalue weighted by molar-refractivity contribution is -0.137. The molecule has 2 atom stereocenters. The summed E-state index contributed by atoms with van der Waals surface area (Å²) in [5.41, 5.74) is 8.87. The van der Waals surface area contributed by atoms with E-state index < -0.39 is 35.0 Å². The van der Waals surface area contributed by atoms with E-state index in [2.05, 4.69) is 10.1 Å². The fourth-order valence-electron chi connectivity index (χ4n) is 3.58. The van der Waals surface area contributed by atoms with Gasteiger partial charge in [0, 0.05) is 25.5 Å². The lowest BCUT2D eigenvalue weighted by Crippen LogP contribution is -2.52. The number of anilines is 1. The van der Waals surface area contributed by atoms with Gasteiger partial charge in [0.2, 0.25) is 11.8 Å². The van der Waals surface area contributed by atoms with Gasteiger partial charge < -0.3 is 16.4 Å². The Morgan fingerprint density at radius 1 is 1.29 bits per heavy atom. The predicted octanol–water partition coefficient (Wildman–Crippen LogP) is 0.835. The molecule has 3 heterocycles. The first-order valence-corrected chi connectivity index (χ1v) is 8.38. The summed E-state index contributed by atoms with van der Waals surface area (Å²) < 4.78 is 41.3. The number of nitrogens with two attached hydrogens (primary N) is 2. The molecule has 0 aliphatic carbocycles. The molecule has 2 unspecified atom stereocenters. The number of carbonyl (C=O) groups is 2. The summed E-state index contributed by atoms with van der Waals surface area (Å²) in [6.07, 6.45) is -3.14. The normalized spacial score (nSPS) is 22.5. The fourth-order valence-corrected chi connectivity index (χ4v) is 3.58. The highest BCUT2D eigenvalue weighted by molar-refractivity contribution is 5.92. The van der Waals surface area contributed by atoms with E-state index in [1.807, 2.05) is 0 Å². The molecule has 3 rings (SSSR count). The van der Waals surface area contributed by atoms with Gasteiger partial charge in [-0.2, -0.15) is 18.3 Å². The van der Waals surface area contributed by atoms with Crippen molar-refractivity contribution in [2.75, 3.05) is 11.4 Å². The quantitative estimate of drug-likeness (QED) is 0.793. The molecular weight excluding hydrogens is 377 g/mol. The van der Waals surface area contributed by atoms with Crippen LogP contribution in [0.25, 0.3) is 0 Å². The Kier molecular flexibility index (Phi) is 4.56. The average Bonchev–Trinajstić information content (AvgIpc) is 3.18. The van der Waals surface area contributed by atoms with Crippen LogP contribution in [0.5, 0.6) is 0 Å². The number of hydrogen-bond donors (Lipinski definition) is 2. The first kappa shape index (κ1) is 19.6. The highest BCUT2D eigenvalue weighted by Gasteiger charge is 2.55. The summed E-state index contributed by atoms with van der Waals surface area (Å²) in [4.78, 5) is 29.9. The van der Waals surface area contributed by atoms with Crippen LogP contribution in [-0.4, -0.2) is 33.1 Å². The number of halogens is 3. The van der Waals surface area contributed by atoms with Gasteiger partial charge in [0.05, 0.1) is 17.2 Å². The van der Waals surface area contributed by atoms with Gasteiger partial charge >= 0.3 is 6.18 Å². The van der Waals surface area contributed by atoms with Gasteiger partial charge in [-0.25, -0.2) is 4.98 Å². The maximum Gasteiger partial charge on any atom is 0.416 e. The van der Waals surface area contributed by atoms with Crippen LogP contribution in [0.4, 0.5) is 19.0 Å². The first-order valence-electron chi connectivity index (χ1n) is 8.38. The SMILES string of the molecule is Cc1cc(C(F)(F)F)cc(N2CC(C(N)=O)CC2(C(N)=O)c2ccn(C)n2)n1. The predicted molar refractivity (Wildman–Crippen MR) is 92.7 cm³/mol. The molecule has 0 bridgehead atoms. The average molecular weight is 396 g/mol. The fraction of sp³-hybridized carbons (Fsp3) is 0.412. The minimum absolute atomic E-state index is 0.103. The van der Waals surface area contributed by atoms with Gasteiger partial charge in [0.25, 0.3) is 0 Å². The Bertz CT molecular complexity index is 941.